The van der Waals surface area contributed by atoms with E-state index in [9.17, 15) is 19.5 Å². The number of benzene rings is 3. The van der Waals surface area contributed by atoms with Crippen molar-refractivity contribution in [2.24, 2.45) is 0 Å². The maximum Gasteiger partial charge on any atom is 0.336 e. The number of carboxylic acids is 2. The van der Waals surface area contributed by atoms with Gasteiger partial charge in [0.1, 0.15) is 0 Å². The van der Waals surface area contributed by atoms with Crippen molar-refractivity contribution in [3.05, 3.63) is 101 Å². The lowest BCUT2D eigenvalue weighted by atomic mass is 10.0. The molecule has 3 N–H and O–H groups in total. The van der Waals surface area contributed by atoms with E-state index in [-0.39, 0.29) is 16.7 Å². The Morgan fingerprint density at radius 3 is 1.97 bits per heavy atom. The standard InChI is InChI=1S/C23H15NO5/c25-21(24-18-11-9-17(10-12-18)22(26)27)19-13-8-16(14-20(19)23(28)29)7-6-15-4-2-1-3-5-15/h1-5,8-14H,(H,24,25)(H,26,27)(H,28,29). The zero-order chi connectivity index (χ0) is 20.8. The quantitative estimate of drug-likeness (QED) is 0.594. The van der Waals surface area contributed by atoms with Gasteiger partial charge in [-0.2, -0.15) is 0 Å². The number of hydrogen-bond acceptors (Lipinski definition) is 3. The second kappa shape index (κ2) is 8.55. The van der Waals surface area contributed by atoms with Crippen LogP contribution in [0.5, 0.6) is 0 Å². The topological polar surface area (TPSA) is 104 Å². The third kappa shape index (κ3) is 4.87. The molecule has 0 unspecified atom stereocenters. The molecule has 0 bridgehead atoms. The van der Waals surface area contributed by atoms with E-state index in [1.807, 2.05) is 30.3 Å². The molecule has 3 aromatic rings. The predicted molar refractivity (Wildman–Crippen MR) is 107 cm³/mol. The maximum absolute atomic E-state index is 12.5. The summed E-state index contributed by atoms with van der Waals surface area (Å²) in [5.41, 5.74) is 1.49. The zero-order valence-electron chi connectivity index (χ0n) is 15.0. The molecule has 0 atom stereocenters. The highest BCUT2D eigenvalue weighted by atomic mass is 16.4. The SMILES string of the molecule is O=C(O)c1ccc(NC(=O)c2ccc(C#Cc3ccccc3)cc2C(=O)O)cc1. The van der Waals surface area contributed by atoms with Gasteiger partial charge in [-0.25, -0.2) is 9.59 Å². The van der Waals surface area contributed by atoms with Crippen LogP contribution in [-0.4, -0.2) is 28.1 Å². The Kier molecular flexibility index (Phi) is 5.71. The van der Waals surface area contributed by atoms with Gasteiger partial charge in [0.2, 0.25) is 0 Å². The molecule has 142 valence electrons. The van der Waals surface area contributed by atoms with Gasteiger partial charge in [0.05, 0.1) is 16.7 Å². The summed E-state index contributed by atoms with van der Waals surface area (Å²) < 4.78 is 0. The zero-order valence-corrected chi connectivity index (χ0v) is 15.0. The van der Waals surface area contributed by atoms with Crippen LogP contribution >= 0.6 is 0 Å². The molecule has 6 nitrogen and oxygen atoms in total. The van der Waals surface area contributed by atoms with E-state index >= 15 is 0 Å². The summed E-state index contributed by atoms with van der Waals surface area (Å²) in [6.45, 7) is 0. The van der Waals surface area contributed by atoms with Crippen molar-refractivity contribution in [2.45, 2.75) is 0 Å². The highest BCUT2D eigenvalue weighted by molar-refractivity contribution is 6.11. The van der Waals surface area contributed by atoms with Crippen LogP contribution in [0.4, 0.5) is 5.69 Å². The van der Waals surface area contributed by atoms with Crippen molar-refractivity contribution >= 4 is 23.5 Å². The smallest absolute Gasteiger partial charge is 0.336 e. The number of rotatable bonds is 4. The highest BCUT2D eigenvalue weighted by Gasteiger charge is 2.17. The summed E-state index contributed by atoms with van der Waals surface area (Å²) >= 11 is 0. The van der Waals surface area contributed by atoms with Gasteiger partial charge in [-0.05, 0) is 54.6 Å². The summed E-state index contributed by atoms with van der Waals surface area (Å²) in [6, 6.07) is 19.1. The fourth-order valence-corrected chi connectivity index (χ4v) is 2.56. The Morgan fingerprint density at radius 2 is 1.34 bits per heavy atom. The first-order valence-corrected chi connectivity index (χ1v) is 8.53. The molecular weight excluding hydrogens is 370 g/mol. The Labute approximate surface area is 166 Å². The third-order valence-corrected chi connectivity index (χ3v) is 4.01. The molecule has 29 heavy (non-hydrogen) atoms. The van der Waals surface area contributed by atoms with E-state index in [1.54, 1.807) is 6.07 Å². The predicted octanol–water partition coefficient (Wildman–Crippen LogP) is 3.74. The van der Waals surface area contributed by atoms with Gasteiger partial charge in [0.15, 0.2) is 0 Å². The van der Waals surface area contributed by atoms with Crippen LogP contribution < -0.4 is 5.32 Å². The first-order chi connectivity index (χ1) is 13.9. The fourth-order valence-electron chi connectivity index (χ4n) is 2.56. The van der Waals surface area contributed by atoms with Crippen LogP contribution in [0.15, 0.2) is 72.8 Å². The highest BCUT2D eigenvalue weighted by Crippen LogP contribution is 2.16. The van der Waals surface area contributed by atoms with Crippen LogP contribution in [0.3, 0.4) is 0 Å². The number of aromatic carboxylic acids is 2. The second-order valence-corrected chi connectivity index (χ2v) is 6.02. The first kappa shape index (κ1) is 19.4. The molecule has 3 aromatic carbocycles. The maximum atomic E-state index is 12.5. The second-order valence-electron chi connectivity index (χ2n) is 6.02. The van der Waals surface area contributed by atoms with E-state index < -0.39 is 17.8 Å². The van der Waals surface area contributed by atoms with E-state index in [2.05, 4.69) is 17.2 Å². The Hall–Kier alpha value is -4.37. The normalized spacial score (nSPS) is 9.79. The van der Waals surface area contributed by atoms with Crippen LogP contribution in [-0.2, 0) is 0 Å². The Morgan fingerprint density at radius 1 is 0.690 bits per heavy atom. The third-order valence-electron chi connectivity index (χ3n) is 4.01. The van der Waals surface area contributed by atoms with Crippen molar-refractivity contribution in [3.63, 3.8) is 0 Å². The lowest BCUT2D eigenvalue weighted by Gasteiger charge is -2.09. The Bertz CT molecular complexity index is 1140. The molecule has 0 aliphatic heterocycles. The van der Waals surface area contributed by atoms with Gasteiger partial charge in [0, 0.05) is 16.8 Å². The fraction of sp³-hybridized carbons (Fsp3) is 0. The number of hydrogen-bond donors (Lipinski definition) is 3. The number of anilines is 1. The molecule has 0 fully saturated rings. The average molecular weight is 385 g/mol. The van der Waals surface area contributed by atoms with Crippen LogP contribution in [0.2, 0.25) is 0 Å². The minimum absolute atomic E-state index is 0.0231. The minimum atomic E-state index is -1.25. The van der Waals surface area contributed by atoms with Gasteiger partial charge < -0.3 is 15.5 Å². The molecule has 0 spiro atoms. The summed E-state index contributed by atoms with van der Waals surface area (Å²) in [7, 11) is 0. The molecule has 3 rings (SSSR count). The molecule has 0 saturated heterocycles. The van der Waals surface area contributed by atoms with Crippen molar-refractivity contribution in [2.75, 3.05) is 5.32 Å². The Balaban J connectivity index is 1.85. The monoisotopic (exact) mass is 385 g/mol. The van der Waals surface area contributed by atoms with E-state index in [0.29, 0.717) is 11.3 Å². The van der Waals surface area contributed by atoms with Gasteiger partial charge in [-0.3, -0.25) is 4.79 Å². The molecule has 0 aliphatic rings. The number of nitrogens with one attached hydrogen (secondary N) is 1. The summed E-state index contributed by atoms with van der Waals surface area (Å²) in [4.78, 5) is 35.0. The van der Waals surface area contributed by atoms with Crippen molar-refractivity contribution < 1.29 is 24.6 Å². The largest absolute Gasteiger partial charge is 0.478 e. The number of carboxylic acid groups (broad SMARTS) is 2. The number of amides is 1. The van der Waals surface area contributed by atoms with Gasteiger partial charge in [0.25, 0.3) is 5.91 Å². The molecular formula is C23H15NO5. The lowest BCUT2D eigenvalue weighted by Crippen LogP contribution is -2.16. The van der Waals surface area contributed by atoms with Crippen LogP contribution in [0, 0.1) is 11.8 Å². The molecule has 0 aliphatic carbocycles. The van der Waals surface area contributed by atoms with Crippen molar-refractivity contribution in [1.82, 2.24) is 0 Å². The molecule has 0 aromatic heterocycles. The van der Waals surface area contributed by atoms with Gasteiger partial charge >= 0.3 is 11.9 Å². The first-order valence-electron chi connectivity index (χ1n) is 8.53. The van der Waals surface area contributed by atoms with Crippen molar-refractivity contribution in [1.29, 1.82) is 0 Å². The number of carbonyl (C=O) groups excluding carboxylic acids is 1. The van der Waals surface area contributed by atoms with Gasteiger partial charge in [-0.15, -0.1) is 0 Å². The van der Waals surface area contributed by atoms with Crippen LogP contribution in [0.1, 0.15) is 42.2 Å². The minimum Gasteiger partial charge on any atom is -0.478 e. The number of carbonyl (C=O) groups is 3. The lowest BCUT2D eigenvalue weighted by molar-refractivity contribution is 0.0684. The molecule has 0 saturated carbocycles. The summed E-state index contributed by atoms with van der Waals surface area (Å²) in [6.07, 6.45) is 0. The molecule has 0 radical (unpaired) electrons. The molecule has 6 heteroatoms. The van der Waals surface area contributed by atoms with E-state index in [1.165, 1.54) is 36.4 Å². The van der Waals surface area contributed by atoms with Crippen LogP contribution in [0.25, 0.3) is 0 Å². The molecule has 0 heterocycles. The van der Waals surface area contributed by atoms with Gasteiger partial charge in [-0.1, -0.05) is 30.0 Å². The van der Waals surface area contributed by atoms with E-state index in [4.69, 9.17) is 5.11 Å². The van der Waals surface area contributed by atoms with E-state index in [0.717, 1.165) is 5.56 Å². The van der Waals surface area contributed by atoms with Crippen molar-refractivity contribution in [3.8, 4) is 11.8 Å². The molecule has 1 amide bonds. The average Bonchev–Trinajstić information content (AvgIpc) is 2.73. The summed E-state index contributed by atoms with van der Waals surface area (Å²) in [5, 5.41) is 21.0. The summed E-state index contributed by atoms with van der Waals surface area (Å²) in [5.74, 6) is 2.88.